The highest BCUT2D eigenvalue weighted by Crippen LogP contribution is 2.35. The Balaban J connectivity index is 2.63. The maximum absolute atomic E-state index is 12.1. The van der Waals surface area contributed by atoms with Gasteiger partial charge >= 0.3 is 5.97 Å². The standard InChI is InChI=1S/C13H11Cl2NO4/c14-7-5-8(13(19)20)12(9(15)6-7)16-10(17)3-1-2-4-11(16)18/h5-6H,1-4H2,(H,19,20). The van der Waals surface area contributed by atoms with Crippen LogP contribution in [0.15, 0.2) is 12.1 Å². The van der Waals surface area contributed by atoms with E-state index in [0.717, 1.165) is 4.90 Å². The molecule has 0 aromatic heterocycles. The Morgan fingerprint density at radius 2 is 1.65 bits per heavy atom. The van der Waals surface area contributed by atoms with Crippen molar-refractivity contribution in [2.45, 2.75) is 25.7 Å². The second kappa shape index (κ2) is 5.81. The average molecular weight is 316 g/mol. The van der Waals surface area contributed by atoms with Gasteiger partial charge in [0.05, 0.1) is 16.3 Å². The number of carboxylic acids is 1. The third-order valence-corrected chi connectivity index (χ3v) is 3.52. The van der Waals surface area contributed by atoms with E-state index in [0.29, 0.717) is 12.8 Å². The molecular formula is C13H11Cl2NO4. The van der Waals surface area contributed by atoms with Gasteiger partial charge in [0.25, 0.3) is 0 Å². The molecule has 1 saturated heterocycles. The summed E-state index contributed by atoms with van der Waals surface area (Å²) < 4.78 is 0. The largest absolute Gasteiger partial charge is 0.478 e. The number of carbonyl (C=O) groups is 3. The summed E-state index contributed by atoms with van der Waals surface area (Å²) in [4.78, 5) is 36.3. The Morgan fingerprint density at radius 1 is 1.10 bits per heavy atom. The molecule has 0 atom stereocenters. The maximum Gasteiger partial charge on any atom is 0.337 e. The molecule has 7 heteroatoms. The Kier molecular flexibility index (Phi) is 4.30. The topological polar surface area (TPSA) is 74.7 Å². The molecule has 1 fully saturated rings. The first-order valence-electron chi connectivity index (χ1n) is 6.00. The summed E-state index contributed by atoms with van der Waals surface area (Å²) >= 11 is 11.8. The molecular weight excluding hydrogens is 305 g/mol. The van der Waals surface area contributed by atoms with E-state index in [-0.39, 0.29) is 34.1 Å². The molecule has 0 aliphatic carbocycles. The van der Waals surface area contributed by atoms with Crippen LogP contribution >= 0.6 is 23.2 Å². The molecule has 0 unspecified atom stereocenters. The number of amides is 2. The lowest BCUT2D eigenvalue weighted by Crippen LogP contribution is -2.36. The molecule has 0 spiro atoms. The van der Waals surface area contributed by atoms with E-state index in [2.05, 4.69) is 0 Å². The average Bonchev–Trinajstić information content (AvgIpc) is 2.51. The van der Waals surface area contributed by atoms with Crippen LogP contribution in [0.5, 0.6) is 0 Å². The van der Waals surface area contributed by atoms with Crippen molar-refractivity contribution in [1.82, 2.24) is 0 Å². The predicted octanol–water partition coefficient (Wildman–Crippen LogP) is 3.13. The second-order valence-electron chi connectivity index (χ2n) is 4.42. The lowest BCUT2D eigenvalue weighted by Gasteiger charge is -2.22. The normalized spacial score (nSPS) is 16.2. The third-order valence-electron chi connectivity index (χ3n) is 3.01. The summed E-state index contributed by atoms with van der Waals surface area (Å²) in [6.07, 6.45) is 1.55. The van der Waals surface area contributed by atoms with Crippen molar-refractivity contribution in [3.05, 3.63) is 27.7 Å². The van der Waals surface area contributed by atoms with E-state index in [1.807, 2.05) is 0 Å². The number of carboxylic acid groups (broad SMARTS) is 1. The molecule has 1 heterocycles. The number of halogens is 2. The fourth-order valence-corrected chi connectivity index (χ4v) is 2.70. The molecule has 0 radical (unpaired) electrons. The van der Waals surface area contributed by atoms with Crippen molar-refractivity contribution in [2.75, 3.05) is 4.90 Å². The Hall–Kier alpha value is -1.59. The monoisotopic (exact) mass is 315 g/mol. The van der Waals surface area contributed by atoms with E-state index in [4.69, 9.17) is 23.2 Å². The lowest BCUT2D eigenvalue weighted by atomic mass is 10.1. The number of nitrogens with zero attached hydrogens (tertiary/aromatic N) is 1. The van der Waals surface area contributed by atoms with Gasteiger partial charge in [-0.3, -0.25) is 9.59 Å². The molecule has 5 nitrogen and oxygen atoms in total. The summed E-state index contributed by atoms with van der Waals surface area (Å²) in [5.41, 5.74) is -0.355. The van der Waals surface area contributed by atoms with Gasteiger partial charge in [0.1, 0.15) is 0 Å². The van der Waals surface area contributed by atoms with Crippen molar-refractivity contribution in [3.8, 4) is 0 Å². The Labute approximate surface area is 125 Å². The van der Waals surface area contributed by atoms with Crippen LogP contribution in [-0.4, -0.2) is 22.9 Å². The maximum atomic E-state index is 12.1. The van der Waals surface area contributed by atoms with Crippen molar-refractivity contribution in [1.29, 1.82) is 0 Å². The van der Waals surface area contributed by atoms with E-state index in [1.54, 1.807) is 0 Å². The number of anilines is 1. The highest BCUT2D eigenvalue weighted by atomic mass is 35.5. The number of hydrogen-bond donors (Lipinski definition) is 1. The first kappa shape index (κ1) is 14.8. The molecule has 2 rings (SSSR count). The van der Waals surface area contributed by atoms with Gasteiger partial charge in [-0.2, -0.15) is 0 Å². The van der Waals surface area contributed by atoms with Gasteiger partial charge in [-0.25, -0.2) is 9.69 Å². The minimum Gasteiger partial charge on any atom is -0.478 e. The van der Waals surface area contributed by atoms with E-state index in [9.17, 15) is 19.5 Å². The van der Waals surface area contributed by atoms with Crippen molar-refractivity contribution < 1.29 is 19.5 Å². The molecule has 1 aliphatic rings. The molecule has 1 aromatic rings. The number of benzene rings is 1. The van der Waals surface area contributed by atoms with E-state index in [1.165, 1.54) is 12.1 Å². The van der Waals surface area contributed by atoms with E-state index < -0.39 is 17.8 Å². The van der Waals surface area contributed by atoms with Crippen molar-refractivity contribution in [2.24, 2.45) is 0 Å². The zero-order valence-corrected chi connectivity index (χ0v) is 11.9. The summed E-state index contributed by atoms with van der Waals surface area (Å²) in [7, 11) is 0. The number of hydrogen-bond acceptors (Lipinski definition) is 3. The summed E-state index contributed by atoms with van der Waals surface area (Å²) in [5.74, 6) is -2.19. The number of imide groups is 1. The van der Waals surface area contributed by atoms with Gasteiger partial charge < -0.3 is 5.11 Å². The van der Waals surface area contributed by atoms with Crippen LogP contribution in [0.2, 0.25) is 10.0 Å². The number of rotatable bonds is 2. The summed E-state index contributed by atoms with van der Waals surface area (Å²) in [6.45, 7) is 0. The third kappa shape index (κ3) is 2.78. The van der Waals surface area contributed by atoms with Crippen LogP contribution in [0.3, 0.4) is 0 Å². The van der Waals surface area contributed by atoms with Gasteiger partial charge in [-0.1, -0.05) is 23.2 Å². The fraction of sp³-hybridized carbons (Fsp3) is 0.308. The van der Waals surface area contributed by atoms with Crippen LogP contribution in [0.1, 0.15) is 36.0 Å². The van der Waals surface area contributed by atoms with Crippen LogP contribution in [0.4, 0.5) is 5.69 Å². The molecule has 1 aliphatic heterocycles. The molecule has 0 saturated carbocycles. The molecule has 0 bridgehead atoms. The predicted molar refractivity (Wildman–Crippen MR) is 74.4 cm³/mol. The SMILES string of the molecule is O=C(O)c1cc(Cl)cc(Cl)c1N1C(=O)CCCCC1=O. The minimum atomic E-state index is -1.30. The smallest absolute Gasteiger partial charge is 0.337 e. The van der Waals surface area contributed by atoms with Gasteiger partial charge in [0.2, 0.25) is 11.8 Å². The van der Waals surface area contributed by atoms with Crippen LogP contribution in [-0.2, 0) is 9.59 Å². The van der Waals surface area contributed by atoms with Gasteiger partial charge in [-0.05, 0) is 25.0 Å². The molecule has 1 aromatic carbocycles. The first-order valence-corrected chi connectivity index (χ1v) is 6.75. The second-order valence-corrected chi connectivity index (χ2v) is 5.26. The number of aromatic carboxylic acids is 1. The fourth-order valence-electron chi connectivity index (χ4n) is 2.12. The summed E-state index contributed by atoms with van der Waals surface area (Å²) in [5, 5.41) is 9.32. The molecule has 1 N–H and O–H groups in total. The number of carbonyl (C=O) groups excluding carboxylic acids is 2. The van der Waals surface area contributed by atoms with Gasteiger partial charge in [0, 0.05) is 17.9 Å². The summed E-state index contributed by atoms with van der Waals surface area (Å²) in [6, 6.07) is 2.49. The van der Waals surface area contributed by atoms with Gasteiger partial charge in [0.15, 0.2) is 0 Å². The Bertz CT molecular complexity index is 582. The van der Waals surface area contributed by atoms with Crippen molar-refractivity contribution in [3.63, 3.8) is 0 Å². The highest BCUT2D eigenvalue weighted by Gasteiger charge is 2.31. The zero-order chi connectivity index (χ0) is 14.9. The van der Waals surface area contributed by atoms with Gasteiger partial charge in [-0.15, -0.1) is 0 Å². The minimum absolute atomic E-state index is 0.0292. The van der Waals surface area contributed by atoms with Crippen LogP contribution in [0.25, 0.3) is 0 Å². The highest BCUT2D eigenvalue weighted by molar-refractivity contribution is 6.39. The molecule has 2 amide bonds. The lowest BCUT2D eigenvalue weighted by molar-refractivity contribution is -0.125. The van der Waals surface area contributed by atoms with Crippen LogP contribution < -0.4 is 4.90 Å². The Morgan fingerprint density at radius 3 is 2.15 bits per heavy atom. The van der Waals surface area contributed by atoms with Crippen LogP contribution in [0, 0.1) is 0 Å². The van der Waals surface area contributed by atoms with Crippen molar-refractivity contribution >= 4 is 46.7 Å². The molecule has 20 heavy (non-hydrogen) atoms. The molecule has 106 valence electrons. The quantitative estimate of drug-likeness (QED) is 0.851. The first-order chi connectivity index (χ1) is 9.41. The zero-order valence-electron chi connectivity index (χ0n) is 10.4. The van der Waals surface area contributed by atoms with E-state index >= 15 is 0 Å².